The smallest absolute Gasteiger partial charge is 0.416 e. The molecule has 0 radical (unpaired) electrons. The van der Waals surface area contributed by atoms with Gasteiger partial charge in [0, 0.05) is 15.6 Å². The number of carbonyl (C=O) groups is 2. The van der Waals surface area contributed by atoms with Gasteiger partial charge in [0.05, 0.1) is 28.8 Å². The van der Waals surface area contributed by atoms with Crippen LogP contribution in [0.25, 0.3) is 5.76 Å². The Balaban J connectivity index is 2.00. The highest BCUT2D eigenvalue weighted by molar-refractivity contribution is 7.10. The minimum Gasteiger partial charge on any atom is -0.507 e. The van der Waals surface area contributed by atoms with Gasteiger partial charge < -0.3 is 9.84 Å². The van der Waals surface area contributed by atoms with Crippen molar-refractivity contribution in [2.24, 2.45) is 0 Å². The summed E-state index contributed by atoms with van der Waals surface area (Å²) in [5.74, 6) is -2.76. The van der Waals surface area contributed by atoms with E-state index in [2.05, 4.69) is 0 Å². The minimum absolute atomic E-state index is 0.0143. The quantitative estimate of drug-likeness (QED) is 0.219. The van der Waals surface area contributed by atoms with Gasteiger partial charge in [-0.3, -0.25) is 14.5 Å². The molecule has 4 rings (SSSR count). The maximum absolute atomic E-state index is 13.4. The minimum atomic E-state index is -4.66. The van der Waals surface area contributed by atoms with Crippen LogP contribution in [0.3, 0.4) is 0 Å². The van der Waals surface area contributed by atoms with E-state index in [0.717, 1.165) is 23.1 Å². The Kier molecular flexibility index (Phi) is 6.61. The Morgan fingerprint density at radius 1 is 1.14 bits per heavy atom. The van der Waals surface area contributed by atoms with Gasteiger partial charge >= 0.3 is 6.18 Å². The fraction of sp³-hybridized carbons (Fsp3) is 0.167. The fourth-order valence-corrected chi connectivity index (χ4v) is 5.53. The summed E-state index contributed by atoms with van der Waals surface area (Å²) in [7, 11) is 1.30. The lowest BCUT2D eigenvalue weighted by molar-refractivity contribution is -0.137. The zero-order valence-corrected chi connectivity index (χ0v) is 20.4. The van der Waals surface area contributed by atoms with E-state index < -0.39 is 35.2 Å². The molecule has 1 aromatic heterocycles. The molecule has 0 bridgehead atoms. The van der Waals surface area contributed by atoms with Crippen molar-refractivity contribution in [3.63, 3.8) is 0 Å². The molecule has 3 aromatic rings. The van der Waals surface area contributed by atoms with Gasteiger partial charge in [0.25, 0.3) is 11.7 Å². The molecule has 0 saturated carbocycles. The molecule has 35 heavy (non-hydrogen) atoms. The first kappa shape index (κ1) is 25.1. The predicted octanol–water partition coefficient (Wildman–Crippen LogP) is 7.02. The third-order valence-corrected chi connectivity index (χ3v) is 7.08. The molecule has 1 atom stereocenters. The number of aliphatic hydroxyl groups excluding tert-OH is 1. The number of hydrogen-bond donors (Lipinski definition) is 1. The zero-order valence-electron chi connectivity index (χ0n) is 18.1. The number of aryl methyl sites for hydroxylation is 1. The van der Waals surface area contributed by atoms with Crippen molar-refractivity contribution in [2.45, 2.75) is 19.1 Å². The van der Waals surface area contributed by atoms with E-state index in [1.165, 1.54) is 36.6 Å². The summed E-state index contributed by atoms with van der Waals surface area (Å²) in [6, 6.07) is 7.34. The SMILES string of the molecule is COc1c(Cl)cc(Cl)cc1/C(O)=C1\C(=O)C(=O)N(c2cccc(C(F)(F)F)c2)C1c1sccc1C. The van der Waals surface area contributed by atoms with Gasteiger partial charge in [-0.05, 0) is 54.3 Å². The molecule has 1 unspecified atom stereocenters. The zero-order chi connectivity index (χ0) is 25.7. The maximum atomic E-state index is 13.4. The summed E-state index contributed by atoms with van der Waals surface area (Å²) in [4.78, 5) is 27.9. The molecule has 2 aromatic carbocycles. The van der Waals surface area contributed by atoms with Crippen molar-refractivity contribution in [3.05, 3.63) is 85.0 Å². The molecule has 182 valence electrons. The van der Waals surface area contributed by atoms with Gasteiger partial charge in [-0.25, -0.2) is 0 Å². The highest BCUT2D eigenvalue weighted by Crippen LogP contribution is 2.47. The van der Waals surface area contributed by atoms with E-state index in [1.807, 2.05) is 0 Å². The lowest BCUT2D eigenvalue weighted by Crippen LogP contribution is -2.29. The van der Waals surface area contributed by atoms with Crippen LogP contribution in [0.4, 0.5) is 18.9 Å². The number of rotatable bonds is 4. The van der Waals surface area contributed by atoms with Crippen molar-refractivity contribution in [2.75, 3.05) is 12.0 Å². The van der Waals surface area contributed by atoms with Crippen LogP contribution in [0.5, 0.6) is 5.75 Å². The Bertz CT molecular complexity index is 1380. The average Bonchev–Trinajstić information content (AvgIpc) is 3.32. The number of carbonyl (C=O) groups excluding carboxylic acids is 2. The van der Waals surface area contributed by atoms with Gasteiger partial charge in [-0.1, -0.05) is 29.3 Å². The van der Waals surface area contributed by atoms with E-state index >= 15 is 0 Å². The largest absolute Gasteiger partial charge is 0.507 e. The van der Waals surface area contributed by atoms with Crippen LogP contribution in [0.1, 0.15) is 27.6 Å². The number of methoxy groups -OCH3 is 1. The van der Waals surface area contributed by atoms with Crippen LogP contribution in [0, 0.1) is 6.92 Å². The number of ether oxygens (including phenoxy) is 1. The van der Waals surface area contributed by atoms with E-state index in [9.17, 15) is 27.9 Å². The van der Waals surface area contributed by atoms with Crippen molar-refractivity contribution in [3.8, 4) is 5.75 Å². The first-order valence-corrected chi connectivity index (χ1v) is 11.6. The van der Waals surface area contributed by atoms with Gasteiger partial charge in [0.1, 0.15) is 17.6 Å². The van der Waals surface area contributed by atoms with Crippen LogP contribution < -0.4 is 9.64 Å². The number of alkyl halides is 3. The predicted molar refractivity (Wildman–Crippen MR) is 128 cm³/mol. The normalized spacial score (nSPS) is 17.8. The third-order valence-electron chi connectivity index (χ3n) is 5.51. The van der Waals surface area contributed by atoms with Gasteiger partial charge in [0.2, 0.25) is 0 Å². The second-order valence-corrected chi connectivity index (χ2v) is 9.44. The molecule has 11 heteroatoms. The number of hydrogen-bond acceptors (Lipinski definition) is 5. The lowest BCUT2D eigenvalue weighted by atomic mass is 9.97. The molecule has 1 saturated heterocycles. The Hall–Kier alpha value is -3.01. The van der Waals surface area contributed by atoms with E-state index in [-0.39, 0.29) is 32.6 Å². The summed E-state index contributed by atoms with van der Waals surface area (Å²) in [5.41, 5.74) is -0.807. The molecule has 2 heterocycles. The number of anilines is 1. The number of ketones is 1. The van der Waals surface area contributed by atoms with Crippen LogP contribution >= 0.6 is 34.5 Å². The number of thiophene rings is 1. The topological polar surface area (TPSA) is 66.8 Å². The summed E-state index contributed by atoms with van der Waals surface area (Å²) < 4.78 is 45.4. The Morgan fingerprint density at radius 2 is 1.86 bits per heavy atom. The molecule has 1 aliphatic rings. The molecular formula is C24H16Cl2F3NO4S. The lowest BCUT2D eigenvalue weighted by Gasteiger charge is -2.25. The first-order valence-electron chi connectivity index (χ1n) is 10.0. The molecule has 0 aliphatic carbocycles. The summed E-state index contributed by atoms with van der Waals surface area (Å²) in [6.45, 7) is 1.73. The molecular weight excluding hydrogens is 526 g/mol. The van der Waals surface area contributed by atoms with Crippen molar-refractivity contribution in [1.82, 2.24) is 0 Å². The van der Waals surface area contributed by atoms with Crippen LogP contribution in [0.2, 0.25) is 10.0 Å². The first-order chi connectivity index (χ1) is 16.5. The second-order valence-electron chi connectivity index (χ2n) is 7.65. The molecule has 0 spiro atoms. The number of halogens is 5. The standard InChI is InChI=1S/C24H16Cl2F3NO4S/c1-11-6-7-35-22(11)18-17(19(31)15-9-13(25)10-16(26)21(15)34-2)20(32)23(33)30(18)14-5-3-4-12(8-14)24(27,28)29/h3-10,18,31H,1-2H3/b19-17+. The highest BCUT2D eigenvalue weighted by Gasteiger charge is 2.48. The van der Waals surface area contributed by atoms with E-state index in [1.54, 1.807) is 18.4 Å². The van der Waals surface area contributed by atoms with Gasteiger partial charge in [-0.15, -0.1) is 11.3 Å². The number of amides is 1. The van der Waals surface area contributed by atoms with E-state index in [0.29, 0.717) is 10.4 Å². The second kappa shape index (κ2) is 9.22. The summed E-state index contributed by atoms with van der Waals surface area (Å²) in [5, 5.41) is 13.2. The maximum Gasteiger partial charge on any atom is 0.416 e. The van der Waals surface area contributed by atoms with Gasteiger partial charge in [0.15, 0.2) is 0 Å². The van der Waals surface area contributed by atoms with E-state index in [4.69, 9.17) is 27.9 Å². The molecule has 1 N–H and O–H groups in total. The van der Waals surface area contributed by atoms with Crippen molar-refractivity contribution >= 4 is 57.7 Å². The van der Waals surface area contributed by atoms with Crippen molar-refractivity contribution in [1.29, 1.82) is 0 Å². The van der Waals surface area contributed by atoms with Crippen LogP contribution in [0.15, 0.2) is 53.4 Å². The summed E-state index contributed by atoms with van der Waals surface area (Å²) >= 11 is 13.5. The molecule has 1 fully saturated rings. The highest BCUT2D eigenvalue weighted by atomic mass is 35.5. The number of benzene rings is 2. The van der Waals surface area contributed by atoms with Crippen molar-refractivity contribution < 1.29 is 32.6 Å². The molecule has 1 amide bonds. The fourth-order valence-electron chi connectivity index (χ4n) is 3.93. The number of aliphatic hydroxyl groups is 1. The number of Topliss-reactive ketones (excluding diaryl/α,β-unsaturated/α-hetero) is 1. The summed E-state index contributed by atoms with van der Waals surface area (Å²) in [6.07, 6.45) is -4.66. The monoisotopic (exact) mass is 541 g/mol. The average molecular weight is 542 g/mol. The Labute approximate surface area is 212 Å². The van der Waals surface area contributed by atoms with Gasteiger partial charge in [-0.2, -0.15) is 13.2 Å². The Morgan fingerprint density at radius 3 is 2.46 bits per heavy atom. The van der Waals surface area contributed by atoms with Crippen LogP contribution in [-0.2, 0) is 15.8 Å². The number of nitrogens with zero attached hydrogens (tertiary/aromatic N) is 1. The van der Waals surface area contributed by atoms with Crippen LogP contribution in [-0.4, -0.2) is 23.9 Å². The third kappa shape index (κ3) is 4.39. The molecule has 5 nitrogen and oxygen atoms in total. The molecule has 1 aliphatic heterocycles.